The first-order chi connectivity index (χ1) is 9.58. The Kier molecular flexibility index (Phi) is 3.59. The molecule has 0 N–H and O–H groups in total. The smallest absolute Gasteiger partial charge is 0.159 e. The number of carbonyl (C=O) groups excluding carboxylic acids is 1. The van der Waals surface area contributed by atoms with Crippen LogP contribution in [0, 0.1) is 17.6 Å². The minimum Gasteiger partial charge on any atom is -0.375 e. The maximum absolute atomic E-state index is 13.2. The first kappa shape index (κ1) is 13.7. The lowest BCUT2D eigenvalue weighted by Crippen LogP contribution is -2.47. The molecule has 0 radical (unpaired) electrons. The number of ketones is 1. The van der Waals surface area contributed by atoms with Crippen LogP contribution in [0.15, 0.2) is 18.2 Å². The summed E-state index contributed by atoms with van der Waals surface area (Å²) in [5.74, 6) is -1.65. The maximum atomic E-state index is 13.2. The number of hydrogen-bond acceptors (Lipinski definition) is 2. The van der Waals surface area contributed by atoms with Gasteiger partial charge in [-0.05, 0) is 49.8 Å². The van der Waals surface area contributed by atoms with E-state index in [-0.39, 0.29) is 23.7 Å². The topological polar surface area (TPSA) is 26.3 Å². The largest absolute Gasteiger partial charge is 0.375 e. The molecule has 1 unspecified atom stereocenters. The molecule has 0 aromatic heterocycles. The summed E-state index contributed by atoms with van der Waals surface area (Å²) in [4.78, 5) is 12.3. The van der Waals surface area contributed by atoms with Gasteiger partial charge in [0.2, 0.25) is 0 Å². The van der Waals surface area contributed by atoms with E-state index in [1.54, 1.807) is 0 Å². The molecule has 0 bridgehead atoms. The molecule has 1 spiro atoms. The van der Waals surface area contributed by atoms with Crippen LogP contribution in [0.4, 0.5) is 8.78 Å². The highest BCUT2D eigenvalue weighted by atomic mass is 19.2. The van der Waals surface area contributed by atoms with Crippen molar-refractivity contribution in [2.45, 2.75) is 44.1 Å². The van der Waals surface area contributed by atoms with Crippen LogP contribution in [0.1, 0.15) is 37.7 Å². The zero-order valence-electron chi connectivity index (χ0n) is 11.3. The molecule has 108 valence electrons. The summed E-state index contributed by atoms with van der Waals surface area (Å²) >= 11 is 0. The van der Waals surface area contributed by atoms with E-state index in [9.17, 15) is 13.6 Å². The van der Waals surface area contributed by atoms with E-state index in [2.05, 4.69) is 0 Å². The lowest BCUT2D eigenvalue weighted by Gasteiger charge is -2.46. The molecular formula is C16H18F2O2. The molecule has 2 fully saturated rings. The maximum Gasteiger partial charge on any atom is 0.159 e. The highest BCUT2D eigenvalue weighted by Crippen LogP contribution is 2.44. The summed E-state index contributed by atoms with van der Waals surface area (Å²) < 4.78 is 31.8. The van der Waals surface area contributed by atoms with Crippen LogP contribution in [0.2, 0.25) is 0 Å². The van der Waals surface area contributed by atoms with E-state index in [0.29, 0.717) is 12.2 Å². The molecule has 1 saturated carbocycles. The molecule has 1 aromatic rings. The zero-order valence-corrected chi connectivity index (χ0v) is 11.3. The Morgan fingerprint density at radius 1 is 1.30 bits per heavy atom. The average molecular weight is 280 g/mol. The SMILES string of the molecule is O=C(Cc1ccc(F)c(F)c1)C1CCOC2(CCC2)C1. The summed E-state index contributed by atoms with van der Waals surface area (Å²) in [6.07, 6.45) is 4.96. The van der Waals surface area contributed by atoms with Gasteiger partial charge in [-0.2, -0.15) is 0 Å². The molecule has 1 aliphatic carbocycles. The van der Waals surface area contributed by atoms with Crippen molar-refractivity contribution in [2.75, 3.05) is 6.61 Å². The third kappa shape index (κ3) is 2.62. The highest BCUT2D eigenvalue weighted by molar-refractivity contribution is 5.83. The molecule has 0 amide bonds. The molecule has 4 heteroatoms. The highest BCUT2D eigenvalue weighted by Gasteiger charge is 2.44. The Hall–Kier alpha value is -1.29. The number of ether oxygens (including phenoxy) is 1. The summed E-state index contributed by atoms with van der Waals surface area (Å²) in [5.41, 5.74) is 0.482. The first-order valence-corrected chi connectivity index (χ1v) is 7.19. The van der Waals surface area contributed by atoms with Crippen molar-refractivity contribution in [2.24, 2.45) is 5.92 Å². The Morgan fingerprint density at radius 2 is 2.10 bits per heavy atom. The first-order valence-electron chi connectivity index (χ1n) is 7.19. The summed E-state index contributed by atoms with van der Waals surface area (Å²) in [6.45, 7) is 0.633. The van der Waals surface area contributed by atoms with Gasteiger partial charge in [-0.1, -0.05) is 6.07 Å². The molecule has 1 heterocycles. The monoisotopic (exact) mass is 280 g/mol. The van der Waals surface area contributed by atoms with Gasteiger partial charge < -0.3 is 4.74 Å². The summed E-state index contributed by atoms with van der Waals surface area (Å²) in [5, 5.41) is 0. The van der Waals surface area contributed by atoms with Crippen LogP contribution in [0.25, 0.3) is 0 Å². The zero-order chi connectivity index (χ0) is 14.2. The molecular weight excluding hydrogens is 262 g/mol. The van der Waals surface area contributed by atoms with Crippen LogP contribution in [0.5, 0.6) is 0 Å². The number of Topliss-reactive ketones (excluding diaryl/α,β-unsaturated/α-hetero) is 1. The fourth-order valence-corrected chi connectivity index (χ4v) is 3.22. The van der Waals surface area contributed by atoms with Crippen LogP contribution in [-0.4, -0.2) is 18.0 Å². The van der Waals surface area contributed by atoms with Crippen molar-refractivity contribution in [1.82, 2.24) is 0 Å². The van der Waals surface area contributed by atoms with Gasteiger partial charge in [0.1, 0.15) is 5.78 Å². The second kappa shape index (κ2) is 5.24. The second-order valence-corrected chi connectivity index (χ2v) is 5.97. The fourth-order valence-electron chi connectivity index (χ4n) is 3.22. The number of rotatable bonds is 3. The number of carbonyl (C=O) groups is 1. The summed E-state index contributed by atoms with van der Waals surface area (Å²) in [6, 6.07) is 3.68. The van der Waals surface area contributed by atoms with E-state index in [4.69, 9.17) is 4.74 Å². The van der Waals surface area contributed by atoms with Gasteiger partial charge in [-0.15, -0.1) is 0 Å². The lowest BCUT2D eigenvalue weighted by atomic mass is 9.71. The van der Waals surface area contributed by atoms with Crippen molar-refractivity contribution in [1.29, 1.82) is 0 Å². The quantitative estimate of drug-likeness (QED) is 0.848. The number of halogens is 2. The van der Waals surface area contributed by atoms with Crippen LogP contribution < -0.4 is 0 Å². The van der Waals surface area contributed by atoms with Gasteiger partial charge >= 0.3 is 0 Å². The average Bonchev–Trinajstić information content (AvgIpc) is 2.41. The Bertz CT molecular complexity index is 523. The predicted molar refractivity (Wildman–Crippen MR) is 70.3 cm³/mol. The van der Waals surface area contributed by atoms with E-state index in [1.165, 1.54) is 12.5 Å². The van der Waals surface area contributed by atoms with Gasteiger partial charge in [0.15, 0.2) is 11.6 Å². The lowest BCUT2D eigenvalue weighted by molar-refractivity contribution is -0.155. The van der Waals surface area contributed by atoms with Gasteiger partial charge in [0, 0.05) is 18.9 Å². The molecule has 1 atom stereocenters. The van der Waals surface area contributed by atoms with Gasteiger partial charge in [-0.25, -0.2) is 8.78 Å². The molecule has 3 rings (SSSR count). The molecule has 1 saturated heterocycles. The van der Waals surface area contributed by atoms with Crippen LogP contribution >= 0.6 is 0 Å². The predicted octanol–water partition coefficient (Wildman–Crippen LogP) is 3.43. The Morgan fingerprint density at radius 3 is 2.75 bits per heavy atom. The normalized spacial score (nSPS) is 24.4. The second-order valence-electron chi connectivity index (χ2n) is 5.97. The van der Waals surface area contributed by atoms with Crippen LogP contribution in [-0.2, 0) is 16.0 Å². The van der Waals surface area contributed by atoms with E-state index >= 15 is 0 Å². The molecule has 1 aromatic carbocycles. The van der Waals surface area contributed by atoms with Crippen molar-refractivity contribution in [3.05, 3.63) is 35.4 Å². The number of hydrogen-bond donors (Lipinski definition) is 0. The molecule has 2 nitrogen and oxygen atoms in total. The summed E-state index contributed by atoms with van der Waals surface area (Å²) in [7, 11) is 0. The van der Waals surface area contributed by atoms with Gasteiger partial charge in [-0.3, -0.25) is 4.79 Å². The fraction of sp³-hybridized carbons (Fsp3) is 0.562. The third-order valence-corrected chi connectivity index (χ3v) is 4.58. The van der Waals surface area contributed by atoms with Crippen molar-refractivity contribution >= 4 is 5.78 Å². The van der Waals surface area contributed by atoms with Gasteiger partial charge in [0.05, 0.1) is 5.60 Å². The van der Waals surface area contributed by atoms with E-state index < -0.39 is 11.6 Å². The van der Waals surface area contributed by atoms with Gasteiger partial charge in [0.25, 0.3) is 0 Å². The van der Waals surface area contributed by atoms with Crippen molar-refractivity contribution in [3.8, 4) is 0 Å². The molecule has 2 aliphatic rings. The Labute approximate surface area is 117 Å². The Balaban J connectivity index is 1.65. The number of benzene rings is 1. The van der Waals surface area contributed by atoms with Crippen molar-refractivity contribution in [3.63, 3.8) is 0 Å². The third-order valence-electron chi connectivity index (χ3n) is 4.58. The van der Waals surface area contributed by atoms with Crippen molar-refractivity contribution < 1.29 is 18.3 Å². The molecule has 20 heavy (non-hydrogen) atoms. The standard InChI is InChI=1S/C16H18F2O2/c17-13-3-2-11(8-14(13)18)9-15(19)12-4-7-20-16(10-12)5-1-6-16/h2-3,8,12H,1,4-7,9-10H2. The minimum atomic E-state index is -0.891. The van der Waals surface area contributed by atoms with E-state index in [1.807, 2.05) is 0 Å². The minimum absolute atomic E-state index is 0.00263. The van der Waals surface area contributed by atoms with Crippen LogP contribution in [0.3, 0.4) is 0 Å². The molecule has 1 aliphatic heterocycles. The van der Waals surface area contributed by atoms with E-state index in [0.717, 1.165) is 37.8 Å².